The van der Waals surface area contributed by atoms with Crippen LogP contribution in [0.5, 0.6) is 0 Å². The first-order valence-electron chi connectivity index (χ1n) is 4.74. The van der Waals surface area contributed by atoms with Gasteiger partial charge in [0.15, 0.2) is 0 Å². The lowest BCUT2D eigenvalue weighted by Crippen LogP contribution is -2.25. The van der Waals surface area contributed by atoms with Crippen molar-refractivity contribution in [3.05, 3.63) is 24.3 Å². The van der Waals surface area contributed by atoms with Gasteiger partial charge in [-0.2, -0.15) is 0 Å². The fourth-order valence-electron chi connectivity index (χ4n) is 1.36. The van der Waals surface area contributed by atoms with E-state index in [1.54, 1.807) is 0 Å². The summed E-state index contributed by atoms with van der Waals surface area (Å²) in [7, 11) is 0. The number of hydrogen-bond acceptors (Lipinski definition) is 3. The van der Waals surface area contributed by atoms with Crippen LogP contribution in [0.3, 0.4) is 0 Å². The average molecular weight is 192 g/mol. The van der Waals surface area contributed by atoms with Crippen LogP contribution in [-0.2, 0) is 0 Å². The Morgan fingerprint density at radius 1 is 1.36 bits per heavy atom. The molecule has 0 amide bonds. The smallest absolute Gasteiger partial charge is 0.0623 e. The quantitative estimate of drug-likeness (QED) is 0.722. The Bertz CT molecular complexity index is 282. The van der Waals surface area contributed by atoms with E-state index in [2.05, 4.69) is 23.5 Å². The zero-order valence-corrected chi connectivity index (χ0v) is 8.48. The molecule has 0 aromatic heterocycles. The SMILES string of the molecule is C=Nc1ccc(N(CC)CCO)cc1. The van der Waals surface area contributed by atoms with Crippen molar-refractivity contribution in [3.63, 3.8) is 0 Å². The fourth-order valence-corrected chi connectivity index (χ4v) is 1.36. The minimum absolute atomic E-state index is 0.176. The Hall–Kier alpha value is -1.35. The van der Waals surface area contributed by atoms with Gasteiger partial charge in [0, 0.05) is 18.8 Å². The number of anilines is 1. The Balaban J connectivity index is 2.77. The molecule has 1 N–H and O–H groups in total. The molecule has 0 aliphatic rings. The van der Waals surface area contributed by atoms with Gasteiger partial charge in [-0.15, -0.1) is 0 Å². The van der Waals surface area contributed by atoms with Crippen molar-refractivity contribution in [2.45, 2.75) is 6.92 Å². The summed E-state index contributed by atoms with van der Waals surface area (Å²) >= 11 is 0. The first-order chi connectivity index (χ1) is 6.81. The summed E-state index contributed by atoms with van der Waals surface area (Å²) in [5.41, 5.74) is 1.97. The molecule has 0 aliphatic carbocycles. The zero-order valence-electron chi connectivity index (χ0n) is 8.48. The van der Waals surface area contributed by atoms with Gasteiger partial charge in [-0.1, -0.05) is 0 Å². The van der Waals surface area contributed by atoms with E-state index in [-0.39, 0.29) is 6.61 Å². The summed E-state index contributed by atoms with van der Waals surface area (Å²) < 4.78 is 0. The third kappa shape index (κ3) is 2.57. The van der Waals surface area contributed by atoms with Gasteiger partial charge in [0.25, 0.3) is 0 Å². The molecule has 1 aromatic rings. The van der Waals surface area contributed by atoms with Crippen LogP contribution >= 0.6 is 0 Å². The lowest BCUT2D eigenvalue weighted by molar-refractivity contribution is 0.302. The summed E-state index contributed by atoms with van der Waals surface area (Å²) in [5, 5.41) is 8.86. The summed E-state index contributed by atoms with van der Waals surface area (Å²) in [5.74, 6) is 0. The molecule has 0 saturated heterocycles. The fraction of sp³-hybridized carbons (Fsp3) is 0.364. The highest BCUT2D eigenvalue weighted by Gasteiger charge is 2.02. The first-order valence-corrected chi connectivity index (χ1v) is 4.74. The Labute approximate surface area is 84.7 Å². The van der Waals surface area contributed by atoms with Gasteiger partial charge in [0.05, 0.1) is 12.3 Å². The minimum Gasteiger partial charge on any atom is -0.395 e. The molecule has 0 unspecified atom stereocenters. The highest BCUT2D eigenvalue weighted by Crippen LogP contribution is 2.18. The minimum atomic E-state index is 0.176. The first kappa shape index (κ1) is 10.7. The van der Waals surface area contributed by atoms with Gasteiger partial charge < -0.3 is 10.0 Å². The number of nitrogens with zero attached hydrogens (tertiary/aromatic N) is 2. The maximum atomic E-state index is 8.86. The Morgan fingerprint density at radius 3 is 2.43 bits per heavy atom. The van der Waals surface area contributed by atoms with Crippen molar-refractivity contribution in [1.82, 2.24) is 0 Å². The van der Waals surface area contributed by atoms with Crippen molar-refractivity contribution in [1.29, 1.82) is 0 Å². The molecule has 0 heterocycles. The second-order valence-electron chi connectivity index (χ2n) is 2.98. The number of aliphatic hydroxyl groups excluding tert-OH is 1. The lowest BCUT2D eigenvalue weighted by Gasteiger charge is -2.21. The normalized spacial score (nSPS) is 9.86. The van der Waals surface area contributed by atoms with Gasteiger partial charge in [-0.3, -0.25) is 4.99 Å². The molecule has 3 nitrogen and oxygen atoms in total. The molecule has 0 bridgehead atoms. The molecule has 0 spiro atoms. The van der Waals surface area contributed by atoms with Gasteiger partial charge in [-0.25, -0.2) is 0 Å². The maximum absolute atomic E-state index is 8.86. The van der Waals surface area contributed by atoms with E-state index < -0.39 is 0 Å². The van der Waals surface area contributed by atoms with Crippen LogP contribution in [0.4, 0.5) is 11.4 Å². The van der Waals surface area contributed by atoms with Gasteiger partial charge >= 0.3 is 0 Å². The second kappa shape index (κ2) is 5.40. The van der Waals surface area contributed by atoms with E-state index in [9.17, 15) is 0 Å². The predicted octanol–water partition coefficient (Wildman–Crippen LogP) is 1.84. The summed E-state index contributed by atoms with van der Waals surface area (Å²) in [4.78, 5) is 5.93. The van der Waals surface area contributed by atoms with Crippen LogP contribution in [0.15, 0.2) is 29.3 Å². The van der Waals surface area contributed by atoms with Crippen LogP contribution in [0.1, 0.15) is 6.92 Å². The largest absolute Gasteiger partial charge is 0.395 e. The van der Waals surface area contributed by atoms with E-state index in [0.29, 0.717) is 6.54 Å². The number of benzene rings is 1. The molecule has 1 rings (SSSR count). The molecule has 0 atom stereocenters. The molecular weight excluding hydrogens is 176 g/mol. The van der Waals surface area contributed by atoms with Crippen LogP contribution in [0, 0.1) is 0 Å². The summed E-state index contributed by atoms with van der Waals surface area (Å²) in [6.07, 6.45) is 0. The summed E-state index contributed by atoms with van der Waals surface area (Å²) in [6.45, 7) is 7.25. The van der Waals surface area contributed by atoms with Crippen molar-refractivity contribution in [2.24, 2.45) is 4.99 Å². The van der Waals surface area contributed by atoms with Gasteiger partial charge in [0.1, 0.15) is 0 Å². The van der Waals surface area contributed by atoms with Crippen molar-refractivity contribution < 1.29 is 5.11 Å². The third-order valence-electron chi connectivity index (χ3n) is 2.15. The number of likely N-dealkylation sites (N-methyl/N-ethyl adjacent to an activating group) is 1. The van der Waals surface area contributed by atoms with E-state index in [4.69, 9.17) is 5.11 Å². The molecule has 0 saturated carbocycles. The van der Waals surface area contributed by atoms with Crippen molar-refractivity contribution >= 4 is 18.1 Å². The lowest BCUT2D eigenvalue weighted by atomic mass is 10.2. The van der Waals surface area contributed by atoms with Crippen molar-refractivity contribution in [3.8, 4) is 0 Å². The number of hydrogen-bond donors (Lipinski definition) is 1. The molecule has 0 aliphatic heterocycles. The van der Waals surface area contributed by atoms with Crippen LogP contribution in [0.2, 0.25) is 0 Å². The third-order valence-corrected chi connectivity index (χ3v) is 2.15. The van der Waals surface area contributed by atoms with E-state index >= 15 is 0 Å². The molecule has 0 fully saturated rings. The predicted molar refractivity (Wildman–Crippen MR) is 60.6 cm³/mol. The van der Waals surface area contributed by atoms with Crippen LogP contribution in [-0.4, -0.2) is 31.5 Å². The summed E-state index contributed by atoms with van der Waals surface area (Å²) in [6, 6.07) is 7.82. The van der Waals surface area contributed by atoms with Gasteiger partial charge in [-0.05, 0) is 37.9 Å². The van der Waals surface area contributed by atoms with E-state index in [0.717, 1.165) is 17.9 Å². The maximum Gasteiger partial charge on any atom is 0.0623 e. The monoisotopic (exact) mass is 192 g/mol. The molecule has 3 heteroatoms. The number of aliphatic hydroxyl groups is 1. The van der Waals surface area contributed by atoms with Crippen LogP contribution in [0.25, 0.3) is 0 Å². The molecule has 76 valence electrons. The van der Waals surface area contributed by atoms with Gasteiger partial charge in [0.2, 0.25) is 0 Å². The highest BCUT2D eigenvalue weighted by atomic mass is 16.3. The Morgan fingerprint density at radius 2 is 2.00 bits per heavy atom. The Kier molecular flexibility index (Phi) is 4.13. The molecular formula is C11H16N2O. The van der Waals surface area contributed by atoms with E-state index in [1.807, 2.05) is 24.3 Å². The topological polar surface area (TPSA) is 35.8 Å². The zero-order chi connectivity index (χ0) is 10.4. The van der Waals surface area contributed by atoms with Crippen molar-refractivity contribution in [2.75, 3.05) is 24.6 Å². The molecule has 1 aromatic carbocycles. The highest BCUT2D eigenvalue weighted by molar-refractivity contribution is 5.54. The average Bonchev–Trinajstić information content (AvgIpc) is 2.26. The number of rotatable bonds is 5. The number of aliphatic imine (C=N–C) groups is 1. The van der Waals surface area contributed by atoms with Crippen LogP contribution < -0.4 is 4.90 Å². The molecule has 14 heavy (non-hydrogen) atoms. The molecule has 0 radical (unpaired) electrons. The second-order valence-corrected chi connectivity index (χ2v) is 2.98. The van der Waals surface area contributed by atoms with E-state index in [1.165, 1.54) is 0 Å². The standard InChI is InChI=1S/C11H16N2O/c1-3-13(8-9-14)11-6-4-10(12-2)5-7-11/h4-7,14H,2-3,8-9H2,1H3.